The van der Waals surface area contributed by atoms with E-state index in [1.165, 1.54) is 20.3 Å². The molecule has 6 heteroatoms. The maximum absolute atomic E-state index is 13.6. The van der Waals surface area contributed by atoms with Gasteiger partial charge < -0.3 is 14.7 Å². The third kappa shape index (κ3) is 2.39. The van der Waals surface area contributed by atoms with Crippen LogP contribution in [0.1, 0.15) is 5.56 Å². The molecule has 0 fully saturated rings. The summed E-state index contributed by atoms with van der Waals surface area (Å²) in [4.78, 5) is 0. The normalized spacial score (nSPS) is 10.2. The fraction of sp³-hybridized carbons (Fsp3) is 0.333. The number of nitrogens with one attached hydrogen (secondary N) is 1. The zero-order valence-electron chi connectivity index (χ0n) is 8.30. The quantitative estimate of drug-likeness (QED) is 0.829. The third-order valence-corrected chi connectivity index (χ3v) is 2.60. The fourth-order valence-corrected chi connectivity index (χ4v) is 1.80. The van der Waals surface area contributed by atoms with E-state index in [0.29, 0.717) is 5.75 Å². The molecule has 0 radical (unpaired) electrons. The predicted molar refractivity (Wildman–Crippen MR) is 55.8 cm³/mol. The van der Waals surface area contributed by atoms with Crippen molar-refractivity contribution in [2.45, 2.75) is 6.54 Å². The van der Waals surface area contributed by atoms with E-state index in [4.69, 9.17) is 14.7 Å². The minimum atomic E-state index is -0.491. The van der Waals surface area contributed by atoms with Crippen molar-refractivity contribution in [1.29, 1.82) is 0 Å². The van der Waals surface area contributed by atoms with Crippen LogP contribution in [0.2, 0.25) is 0 Å². The molecule has 0 aromatic heterocycles. The van der Waals surface area contributed by atoms with E-state index in [1.54, 1.807) is 0 Å². The second-order valence-electron chi connectivity index (χ2n) is 2.73. The summed E-state index contributed by atoms with van der Waals surface area (Å²) in [6.45, 7) is -0.00914. The van der Waals surface area contributed by atoms with Gasteiger partial charge in [-0.15, -0.1) is 0 Å². The minimum Gasteiger partial charge on any atom is -0.493 e. The largest absolute Gasteiger partial charge is 0.493 e. The Bertz CT molecular complexity index is 360. The molecule has 84 valence electrons. The van der Waals surface area contributed by atoms with Crippen molar-refractivity contribution in [2.24, 2.45) is 0 Å². The summed E-state index contributed by atoms with van der Waals surface area (Å²) in [7, 11) is 2.88. The molecule has 1 aromatic carbocycles. The molecule has 0 atom stereocenters. The van der Waals surface area contributed by atoms with Gasteiger partial charge in [0.15, 0.2) is 11.5 Å². The average molecular weight is 280 g/mol. The van der Waals surface area contributed by atoms with Crippen molar-refractivity contribution in [2.75, 3.05) is 14.2 Å². The van der Waals surface area contributed by atoms with E-state index in [-0.39, 0.29) is 22.3 Å². The van der Waals surface area contributed by atoms with Crippen LogP contribution in [-0.4, -0.2) is 19.4 Å². The lowest BCUT2D eigenvalue weighted by Gasteiger charge is -2.12. The van der Waals surface area contributed by atoms with E-state index in [1.807, 2.05) is 5.48 Å². The zero-order chi connectivity index (χ0) is 11.4. The number of halogens is 2. The van der Waals surface area contributed by atoms with Crippen molar-refractivity contribution in [3.8, 4) is 11.5 Å². The molecule has 1 rings (SSSR count). The number of hydroxylamine groups is 1. The van der Waals surface area contributed by atoms with E-state index < -0.39 is 5.82 Å². The van der Waals surface area contributed by atoms with E-state index in [9.17, 15) is 4.39 Å². The number of ether oxygens (including phenoxy) is 2. The Hall–Kier alpha value is -0.850. The molecule has 15 heavy (non-hydrogen) atoms. The lowest BCUT2D eigenvalue weighted by molar-refractivity contribution is 0.159. The molecule has 0 saturated heterocycles. The highest BCUT2D eigenvalue weighted by molar-refractivity contribution is 9.10. The Labute approximate surface area is 95.1 Å². The number of rotatable bonds is 4. The van der Waals surface area contributed by atoms with E-state index >= 15 is 0 Å². The molecule has 0 heterocycles. The lowest BCUT2D eigenvalue weighted by atomic mass is 10.2. The highest BCUT2D eigenvalue weighted by Crippen LogP contribution is 2.38. The van der Waals surface area contributed by atoms with Gasteiger partial charge >= 0.3 is 0 Å². The molecule has 0 amide bonds. The van der Waals surface area contributed by atoms with Crippen LogP contribution in [0.4, 0.5) is 4.39 Å². The van der Waals surface area contributed by atoms with Crippen molar-refractivity contribution < 1.29 is 19.1 Å². The van der Waals surface area contributed by atoms with Gasteiger partial charge in [-0.2, -0.15) is 0 Å². The molecule has 0 aliphatic carbocycles. The monoisotopic (exact) mass is 279 g/mol. The van der Waals surface area contributed by atoms with Crippen molar-refractivity contribution >= 4 is 15.9 Å². The fourth-order valence-electron chi connectivity index (χ4n) is 1.19. The summed E-state index contributed by atoms with van der Waals surface area (Å²) in [5, 5.41) is 8.52. The predicted octanol–water partition coefficient (Wildman–Crippen LogP) is 2.08. The van der Waals surface area contributed by atoms with Gasteiger partial charge in [-0.05, 0) is 22.0 Å². The summed E-state index contributed by atoms with van der Waals surface area (Å²) in [5.74, 6) is 0.196. The van der Waals surface area contributed by atoms with Crippen LogP contribution in [0, 0.1) is 5.82 Å². The van der Waals surface area contributed by atoms with E-state index in [2.05, 4.69) is 15.9 Å². The standard InChI is InChI=1S/C9H11BrFNO3/c1-14-6-3-5(4-12-13)8(11)7(10)9(6)15-2/h3,12-13H,4H2,1-2H3. The van der Waals surface area contributed by atoms with Gasteiger partial charge in [0.25, 0.3) is 0 Å². The van der Waals surface area contributed by atoms with E-state index in [0.717, 1.165) is 0 Å². The highest BCUT2D eigenvalue weighted by atomic mass is 79.9. The lowest BCUT2D eigenvalue weighted by Crippen LogP contribution is -2.09. The van der Waals surface area contributed by atoms with Crippen LogP contribution in [0.3, 0.4) is 0 Å². The topological polar surface area (TPSA) is 50.7 Å². The maximum atomic E-state index is 13.6. The Balaban J connectivity index is 3.29. The first-order chi connectivity index (χ1) is 7.15. The smallest absolute Gasteiger partial charge is 0.177 e. The molecule has 1 aromatic rings. The van der Waals surface area contributed by atoms with Gasteiger partial charge in [0.05, 0.1) is 18.7 Å². The van der Waals surface area contributed by atoms with Crippen LogP contribution in [-0.2, 0) is 6.54 Å². The Kier molecular flexibility index (Phi) is 4.31. The molecule has 0 aliphatic heterocycles. The Morgan fingerprint density at radius 1 is 1.47 bits per heavy atom. The minimum absolute atomic E-state index is 0.00914. The SMILES string of the molecule is COc1cc(CNO)c(F)c(Br)c1OC. The number of hydrogen-bond donors (Lipinski definition) is 2. The number of hydrogen-bond acceptors (Lipinski definition) is 4. The molecule has 4 nitrogen and oxygen atoms in total. The van der Waals surface area contributed by atoms with Crippen LogP contribution in [0.5, 0.6) is 11.5 Å². The Morgan fingerprint density at radius 3 is 2.60 bits per heavy atom. The molecule has 0 saturated carbocycles. The molecule has 2 N–H and O–H groups in total. The van der Waals surface area contributed by atoms with Gasteiger partial charge in [-0.3, -0.25) is 0 Å². The molecular weight excluding hydrogens is 269 g/mol. The Morgan fingerprint density at radius 2 is 2.13 bits per heavy atom. The highest BCUT2D eigenvalue weighted by Gasteiger charge is 2.17. The average Bonchev–Trinajstić information content (AvgIpc) is 2.24. The summed E-state index contributed by atoms with van der Waals surface area (Å²) in [5.41, 5.74) is 2.16. The zero-order valence-corrected chi connectivity index (χ0v) is 9.89. The number of benzene rings is 1. The molecular formula is C9H11BrFNO3. The summed E-state index contributed by atoms with van der Waals surface area (Å²) in [6.07, 6.45) is 0. The molecule has 0 unspecified atom stereocenters. The summed E-state index contributed by atoms with van der Waals surface area (Å²) >= 11 is 3.06. The van der Waals surface area contributed by atoms with Gasteiger partial charge in [0.2, 0.25) is 0 Å². The van der Waals surface area contributed by atoms with Crippen LogP contribution >= 0.6 is 15.9 Å². The third-order valence-electron chi connectivity index (χ3n) is 1.90. The van der Waals surface area contributed by atoms with Crippen LogP contribution in [0.25, 0.3) is 0 Å². The first kappa shape index (κ1) is 12.2. The van der Waals surface area contributed by atoms with Gasteiger partial charge in [-0.25, -0.2) is 9.87 Å². The van der Waals surface area contributed by atoms with Crippen LogP contribution in [0.15, 0.2) is 10.5 Å². The number of methoxy groups -OCH3 is 2. The van der Waals surface area contributed by atoms with Crippen molar-refractivity contribution in [1.82, 2.24) is 5.48 Å². The second kappa shape index (κ2) is 5.29. The first-order valence-corrected chi connectivity index (χ1v) is 4.90. The van der Waals surface area contributed by atoms with Gasteiger partial charge in [0.1, 0.15) is 5.82 Å². The molecule has 0 spiro atoms. The van der Waals surface area contributed by atoms with Crippen molar-refractivity contribution in [3.63, 3.8) is 0 Å². The maximum Gasteiger partial charge on any atom is 0.177 e. The van der Waals surface area contributed by atoms with Crippen LogP contribution < -0.4 is 15.0 Å². The second-order valence-corrected chi connectivity index (χ2v) is 3.53. The van der Waals surface area contributed by atoms with Crippen molar-refractivity contribution in [3.05, 3.63) is 21.9 Å². The molecule has 0 aliphatic rings. The summed E-state index contributed by atoms with van der Waals surface area (Å²) in [6, 6.07) is 1.46. The first-order valence-electron chi connectivity index (χ1n) is 4.11. The molecule has 0 bridgehead atoms. The van der Waals surface area contributed by atoms with Gasteiger partial charge in [0, 0.05) is 12.1 Å². The summed E-state index contributed by atoms with van der Waals surface area (Å²) < 4.78 is 23.8. The van der Waals surface area contributed by atoms with Gasteiger partial charge in [-0.1, -0.05) is 0 Å².